The van der Waals surface area contributed by atoms with E-state index < -0.39 is 5.25 Å². The van der Waals surface area contributed by atoms with Crippen molar-refractivity contribution in [2.75, 3.05) is 5.32 Å². The summed E-state index contributed by atoms with van der Waals surface area (Å²) < 4.78 is 0. The van der Waals surface area contributed by atoms with Gasteiger partial charge in [0.05, 0.1) is 0 Å². The Kier molecular flexibility index (Phi) is 5.84. The van der Waals surface area contributed by atoms with Crippen molar-refractivity contribution in [3.05, 3.63) is 94.4 Å². The zero-order valence-corrected chi connectivity index (χ0v) is 16.5. The monoisotopic (exact) mass is 406 g/mol. The lowest BCUT2D eigenvalue weighted by atomic mass is 10.1. The van der Waals surface area contributed by atoms with E-state index in [4.69, 9.17) is 0 Å². The average molecular weight is 407 g/mol. The summed E-state index contributed by atoms with van der Waals surface area (Å²) in [7, 11) is 0. The SMILES string of the molecule is O=C(Nc1ccccc1)C(Sc1n[nH]c(Cc2cccs2)n1)c1ccccc1. The number of thioether (sulfide) groups is 1. The summed E-state index contributed by atoms with van der Waals surface area (Å²) in [5.74, 6) is 0.687. The summed E-state index contributed by atoms with van der Waals surface area (Å²) >= 11 is 3.03. The number of hydrogen-bond acceptors (Lipinski definition) is 5. The third-order valence-corrected chi connectivity index (χ3v) is 6.03. The second-order valence-corrected chi connectivity index (χ2v) is 8.19. The number of hydrogen-bond donors (Lipinski definition) is 2. The molecule has 0 aliphatic heterocycles. The van der Waals surface area contributed by atoms with E-state index in [0.717, 1.165) is 17.1 Å². The first-order chi connectivity index (χ1) is 13.8. The predicted octanol–water partition coefficient (Wildman–Crippen LogP) is 4.93. The topological polar surface area (TPSA) is 70.7 Å². The van der Waals surface area contributed by atoms with Crippen LogP contribution in [0.1, 0.15) is 21.5 Å². The average Bonchev–Trinajstić information content (AvgIpc) is 3.40. The van der Waals surface area contributed by atoms with Crippen molar-refractivity contribution in [1.29, 1.82) is 0 Å². The number of thiophene rings is 1. The van der Waals surface area contributed by atoms with Gasteiger partial charge in [-0.2, -0.15) is 0 Å². The molecule has 0 fully saturated rings. The second kappa shape index (κ2) is 8.86. The number of carbonyl (C=O) groups excluding carboxylic acids is 1. The Morgan fingerprint density at radius 1 is 1.04 bits per heavy atom. The molecule has 0 aliphatic rings. The molecular formula is C21H18N4OS2. The van der Waals surface area contributed by atoms with Crippen LogP contribution in [0, 0.1) is 0 Å². The molecule has 2 N–H and O–H groups in total. The second-order valence-electron chi connectivity index (χ2n) is 6.08. The maximum absolute atomic E-state index is 13.0. The molecule has 1 unspecified atom stereocenters. The quantitative estimate of drug-likeness (QED) is 0.427. The summed E-state index contributed by atoms with van der Waals surface area (Å²) in [6.45, 7) is 0. The van der Waals surface area contributed by atoms with Crippen molar-refractivity contribution in [2.45, 2.75) is 16.8 Å². The predicted molar refractivity (Wildman–Crippen MR) is 114 cm³/mol. The molecule has 28 heavy (non-hydrogen) atoms. The minimum Gasteiger partial charge on any atom is -0.325 e. The molecule has 0 aliphatic carbocycles. The molecule has 2 aromatic carbocycles. The van der Waals surface area contributed by atoms with Crippen LogP contribution >= 0.6 is 23.1 Å². The molecule has 140 valence electrons. The highest BCUT2D eigenvalue weighted by atomic mass is 32.2. The van der Waals surface area contributed by atoms with Crippen LogP contribution in [0.2, 0.25) is 0 Å². The van der Waals surface area contributed by atoms with Gasteiger partial charge in [0.2, 0.25) is 11.1 Å². The number of rotatable bonds is 7. The third-order valence-electron chi connectivity index (χ3n) is 4.04. The lowest BCUT2D eigenvalue weighted by molar-refractivity contribution is -0.115. The van der Waals surface area contributed by atoms with Crippen LogP contribution in [0.15, 0.2) is 83.3 Å². The summed E-state index contributed by atoms with van der Waals surface area (Å²) in [4.78, 5) is 18.8. The largest absolute Gasteiger partial charge is 0.325 e. The highest BCUT2D eigenvalue weighted by molar-refractivity contribution is 8.00. The first-order valence-electron chi connectivity index (χ1n) is 8.79. The van der Waals surface area contributed by atoms with Crippen LogP contribution < -0.4 is 5.32 Å². The molecule has 0 saturated carbocycles. The Morgan fingerprint density at radius 3 is 2.50 bits per heavy atom. The highest BCUT2D eigenvalue weighted by Gasteiger charge is 2.24. The number of anilines is 1. The molecule has 2 heterocycles. The molecule has 1 atom stereocenters. The van der Waals surface area contributed by atoms with Gasteiger partial charge in [-0.05, 0) is 29.1 Å². The van der Waals surface area contributed by atoms with Crippen LogP contribution in [0.25, 0.3) is 0 Å². The van der Waals surface area contributed by atoms with Gasteiger partial charge in [-0.15, -0.1) is 16.4 Å². The van der Waals surface area contributed by atoms with E-state index in [1.54, 1.807) is 11.3 Å². The van der Waals surface area contributed by atoms with Crippen molar-refractivity contribution in [3.63, 3.8) is 0 Å². The summed E-state index contributed by atoms with van der Waals surface area (Å²) in [6, 6.07) is 23.2. The van der Waals surface area contributed by atoms with E-state index in [1.165, 1.54) is 16.6 Å². The number of carbonyl (C=O) groups is 1. The fraction of sp³-hybridized carbons (Fsp3) is 0.0952. The van der Waals surface area contributed by atoms with E-state index in [0.29, 0.717) is 11.6 Å². The van der Waals surface area contributed by atoms with E-state index >= 15 is 0 Å². The first kappa shape index (κ1) is 18.5. The number of benzene rings is 2. The molecule has 4 aromatic rings. The van der Waals surface area contributed by atoms with E-state index in [-0.39, 0.29) is 5.91 Å². The van der Waals surface area contributed by atoms with Crippen molar-refractivity contribution in [3.8, 4) is 0 Å². The Bertz CT molecular complexity index is 1020. The molecule has 5 nitrogen and oxygen atoms in total. The Morgan fingerprint density at radius 2 is 1.79 bits per heavy atom. The van der Waals surface area contributed by atoms with Crippen molar-refractivity contribution < 1.29 is 4.79 Å². The van der Waals surface area contributed by atoms with Crippen LogP contribution in [0.3, 0.4) is 0 Å². The Balaban J connectivity index is 1.52. The summed E-state index contributed by atoms with van der Waals surface area (Å²) in [6.07, 6.45) is 0.706. The minimum atomic E-state index is -0.452. The van der Waals surface area contributed by atoms with Crippen molar-refractivity contribution in [1.82, 2.24) is 15.2 Å². The van der Waals surface area contributed by atoms with Crippen LogP contribution in [0.5, 0.6) is 0 Å². The molecule has 7 heteroatoms. The smallest absolute Gasteiger partial charge is 0.242 e. The van der Waals surface area contributed by atoms with Gasteiger partial charge in [-0.25, -0.2) is 4.98 Å². The number of nitrogens with one attached hydrogen (secondary N) is 2. The molecule has 0 saturated heterocycles. The number of para-hydroxylation sites is 1. The maximum atomic E-state index is 13.0. The van der Waals surface area contributed by atoms with E-state index in [2.05, 4.69) is 26.6 Å². The molecule has 1 amide bonds. The third kappa shape index (κ3) is 4.68. The number of aromatic amines is 1. The molecule has 0 radical (unpaired) electrons. The lowest BCUT2D eigenvalue weighted by Crippen LogP contribution is -2.19. The van der Waals surface area contributed by atoms with Gasteiger partial charge < -0.3 is 5.32 Å². The van der Waals surface area contributed by atoms with Crippen molar-refractivity contribution >= 4 is 34.7 Å². The Hall–Kier alpha value is -2.90. The van der Waals surface area contributed by atoms with Gasteiger partial charge in [-0.3, -0.25) is 9.89 Å². The zero-order chi connectivity index (χ0) is 19.2. The summed E-state index contributed by atoms with van der Waals surface area (Å²) in [5, 5.41) is 12.4. The molecule has 0 spiro atoms. The van der Waals surface area contributed by atoms with Gasteiger partial charge in [0.25, 0.3) is 0 Å². The highest BCUT2D eigenvalue weighted by Crippen LogP contribution is 2.34. The fourth-order valence-electron chi connectivity index (χ4n) is 2.72. The van der Waals surface area contributed by atoms with Crippen molar-refractivity contribution in [2.24, 2.45) is 0 Å². The minimum absolute atomic E-state index is 0.105. The van der Waals surface area contributed by atoms with Gasteiger partial charge in [0, 0.05) is 17.0 Å². The molecule has 2 aromatic heterocycles. The Labute approximate surface area is 171 Å². The standard InChI is InChI=1S/C21H18N4OS2/c26-20(22-16-10-5-2-6-11-16)19(15-8-3-1-4-9-15)28-21-23-18(24-25-21)14-17-12-7-13-27-17/h1-13,19H,14H2,(H,22,26)(H,23,24,25). The van der Waals surface area contributed by atoms with Gasteiger partial charge >= 0.3 is 0 Å². The van der Waals surface area contributed by atoms with Crippen LogP contribution in [0.4, 0.5) is 5.69 Å². The van der Waals surface area contributed by atoms with Crippen LogP contribution in [-0.4, -0.2) is 21.1 Å². The summed E-state index contributed by atoms with van der Waals surface area (Å²) in [5.41, 5.74) is 1.67. The number of amides is 1. The zero-order valence-electron chi connectivity index (χ0n) is 14.9. The van der Waals surface area contributed by atoms with Gasteiger partial charge in [0.15, 0.2) is 0 Å². The molecular weight excluding hydrogens is 388 g/mol. The number of aromatic nitrogens is 3. The molecule has 0 bridgehead atoms. The van der Waals surface area contributed by atoms with Gasteiger partial charge in [0.1, 0.15) is 11.1 Å². The lowest BCUT2D eigenvalue weighted by Gasteiger charge is -2.15. The van der Waals surface area contributed by atoms with E-state index in [9.17, 15) is 4.79 Å². The maximum Gasteiger partial charge on any atom is 0.242 e. The fourth-order valence-corrected chi connectivity index (χ4v) is 4.36. The van der Waals surface area contributed by atoms with Gasteiger partial charge in [-0.1, -0.05) is 66.4 Å². The normalized spacial score (nSPS) is 11.9. The molecule has 4 rings (SSSR count). The van der Waals surface area contributed by atoms with Crippen LogP contribution in [-0.2, 0) is 11.2 Å². The van der Waals surface area contributed by atoms with E-state index in [1.807, 2.05) is 72.1 Å². The first-order valence-corrected chi connectivity index (χ1v) is 10.5. The number of nitrogens with zero attached hydrogens (tertiary/aromatic N) is 2. The number of H-pyrrole nitrogens is 1.